The third-order valence-corrected chi connectivity index (χ3v) is 7.32. The maximum absolute atomic E-state index is 13.5. The summed E-state index contributed by atoms with van der Waals surface area (Å²) in [7, 11) is 0. The number of aryl methyl sites for hydroxylation is 1. The average molecular weight is 601 g/mol. The normalized spacial score (nSPS) is 22.6. The Labute approximate surface area is 245 Å². The molecule has 230 valence electrons. The van der Waals surface area contributed by atoms with Gasteiger partial charge >= 0.3 is 12.3 Å². The Balaban J connectivity index is 1.16. The number of para-hydroxylation sites is 1. The van der Waals surface area contributed by atoms with E-state index < -0.39 is 62.8 Å². The standard InChI is InChI=1S/C29H32N2O12/c1-2-5-15-11-20-22-17(10-16-6-3-4-7-19(16)30-22)12-31(20)26(36)18(15)14-41-29(38)43-28(37)40-9-8-39-27-25(35)24(34)23(33)21(13-32)42-27/h3-4,6-7,10-11,21,23-25,27,32-35H,2,5,8-9,12-14H2,1H3/t21?,23-,24?,25-,27?/m1/s1. The van der Waals surface area contributed by atoms with Gasteiger partial charge in [0.15, 0.2) is 6.29 Å². The van der Waals surface area contributed by atoms with Crippen molar-refractivity contribution in [2.75, 3.05) is 19.8 Å². The summed E-state index contributed by atoms with van der Waals surface area (Å²) in [5.41, 5.74) is 3.79. The van der Waals surface area contributed by atoms with Crippen molar-refractivity contribution >= 4 is 23.2 Å². The molecule has 0 bridgehead atoms. The fourth-order valence-electron chi connectivity index (χ4n) is 5.16. The number of aliphatic hydroxyl groups excluding tert-OH is 4. The Bertz CT molecular complexity index is 1550. The number of nitrogens with zero attached hydrogens (tertiary/aromatic N) is 2. The molecule has 43 heavy (non-hydrogen) atoms. The maximum Gasteiger partial charge on any atom is 0.518 e. The number of carbonyl (C=O) groups is 2. The van der Waals surface area contributed by atoms with Gasteiger partial charge in [0.05, 0.1) is 42.2 Å². The van der Waals surface area contributed by atoms with Crippen LogP contribution >= 0.6 is 0 Å². The van der Waals surface area contributed by atoms with Crippen LogP contribution < -0.4 is 5.56 Å². The SMILES string of the molecule is CCCc1cc2n(c(=O)c1COC(=O)OC(=O)OCCOC1OC(CO)[C@@H](O)C(O)[C@H]1O)Cc1cc3ccccc3nc1-2. The Hall–Kier alpha value is -3.92. The van der Waals surface area contributed by atoms with Gasteiger partial charge in [0.2, 0.25) is 0 Å². The smallest absolute Gasteiger partial charge is 0.431 e. The highest BCUT2D eigenvalue weighted by Gasteiger charge is 2.44. The molecule has 1 saturated heterocycles. The molecule has 14 heteroatoms. The number of aliphatic hydroxyl groups is 4. The highest BCUT2D eigenvalue weighted by atomic mass is 16.8. The van der Waals surface area contributed by atoms with Gasteiger partial charge in [-0.1, -0.05) is 31.5 Å². The van der Waals surface area contributed by atoms with Crippen molar-refractivity contribution in [2.45, 2.75) is 63.6 Å². The highest BCUT2D eigenvalue weighted by molar-refractivity contribution is 5.84. The van der Waals surface area contributed by atoms with Crippen LogP contribution in [0, 0.1) is 0 Å². The molecule has 1 aromatic carbocycles. The first-order chi connectivity index (χ1) is 20.7. The summed E-state index contributed by atoms with van der Waals surface area (Å²) >= 11 is 0. The number of ether oxygens (including phenoxy) is 5. The number of pyridine rings is 2. The van der Waals surface area contributed by atoms with E-state index >= 15 is 0 Å². The van der Waals surface area contributed by atoms with Crippen LogP contribution in [0.1, 0.15) is 30.0 Å². The van der Waals surface area contributed by atoms with Gasteiger partial charge in [0, 0.05) is 10.9 Å². The fraction of sp³-hybridized carbons (Fsp3) is 0.448. The minimum absolute atomic E-state index is 0.265. The summed E-state index contributed by atoms with van der Waals surface area (Å²) in [5, 5.41) is 39.7. The van der Waals surface area contributed by atoms with Gasteiger partial charge in [-0.2, -0.15) is 0 Å². The second kappa shape index (κ2) is 13.2. The third-order valence-electron chi connectivity index (χ3n) is 7.32. The number of aromatic nitrogens is 2. The molecule has 2 aromatic heterocycles. The number of hydrogen-bond donors (Lipinski definition) is 4. The molecular formula is C29H32N2O12. The minimum atomic E-state index is -1.62. The molecule has 5 atom stereocenters. The van der Waals surface area contributed by atoms with E-state index in [-0.39, 0.29) is 17.7 Å². The summed E-state index contributed by atoms with van der Waals surface area (Å²) in [6.07, 6.45) is -8.84. The molecule has 2 aliphatic rings. The van der Waals surface area contributed by atoms with Crippen molar-refractivity contribution in [1.82, 2.24) is 9.55 Å². The molecule has 0 radical (unpaired) electrons. The lowest BCUT2D eigenvalue weighted by molar-refractivity contribution is -0.302. The number of carbonyl (C=O) groups excluding carboxylic acids is 2. The second-order valence-electron chi connectivity index (χ2n) is 10.2. The lowest BCUT2D eigenvalue weighted by atomic mass is 9.99. The largest absolute Gasteiger partial charge is 0.518 e. The first-order valence-corrected chi connectivity index (χ1v) is 13.8. The molecule has 3 unspecified atom stereocenters. The Morgan fingerprint density at radius 1 is 1.05 bits per heavy atom. The molecule has 14 nitrogen and oxygen atoms in total. The van der Waals surface area contributed by atoms with Gasteiger partial charge in [-0.05, 0) is 30.2 Å². The third kappa shape index (κ3) is 6.39. The Morgan fingerprint density at radius 3 is 2.58 bits per heavy atom. The van der Waals surface area contributed by atoms with E-state index in [1.165, 1.54) is 0 Å². The molecule has 4 N–H and O–H groups in total. The van der Waals surface area contributed by atoms with E-state index in [2.05, 4.69) is 4.74 Å². The number of hydrogen-bond acceptors (Lipinski definition) is 13. The maximum atomic E-state index is 13.5. The minimum Gasteiger partial charge on any atom is -0.431 e. The van der Waals surface area contributed by atoms with E-state index in [9.17, 15) is 34.8 Å². The van der Waals surface area contributed by atoms with E-state index in [1.54, 1.807) is 4.57 Å². The van der Waals surface area contributed by atoms with Crippen molar-refractivity contribution < 1.29 is 53.7 Å². The van der Waals surface area contributed by atoms with E-state index in [1.807, 2.05) is 43.3 Å². The molecule has 4 heterocycles. The van der Waals surface area contributed by atoms with Crippen molar-refractivity contribution in [1.29, 1.82) is 0 Å². The summed E-state index contributed by atoms with van der Waals surface area (Å²) in [6.45, 7) is 0.454. The van der Waals surface area contributed by atoms with Crippen LogP contribution in [0.15, 0.2) is 41.2 Å². The molecule has 1 fully saturated rings. The van der Waals surface area contributed by atoms with Gasteiger partial charge in [0.1, 0.15) is 37.6 Å². The van der Waals surface area contributed by atoms with E-state index in [0.717, 1.165) is 28.6 Å². The van der Waals surface area contributed by atoms with Crippen LogP contribution in [0.3, 0.4) is 0 Å². The summed E-state index contributed by atoms with van der Waals surface area (Å²) in [6, 6.07) is 11.6. The fourth-order valence-corrected chi connectivity index (χ4v) is 5.16. The Kier molecular flexibility index (Phi) is 9.34. The molecular weight excluding hydrogens is 568 g/mol. The van der Waals surface area contributed by atoms with Gasteiger partial charge in [0.25, 0.3) is 5.56 Å². The summed E-state index contributed by atoms with van der Waals surface area (Å²) in [5.74, 6) is 0. The lowest BCUT2D eigenvalue weighted by Gasteiger charge is -2.39. The van der Waals surface area contributed by atoms with Gasteiger partial charge in [-0.15, -0.1) is 0 Å². The quantitative estimate of drug-likeness (QED) is 0.121. The zero-order chi connectivity index (χ0) is 30.7. The zero-order valence-corrected chi connectivity index (χ0v) is 23.2. The van der Waals surface area contributed by atoms with Crippen LogP contribution in [-0.4, -0.2) is 92.8 Å². The number of benzene rings is 1. The van der Waals surface area contributed by atoms with E-state index in [4.69, 9.17) is 23.9 Å². The molecule has 0 spiro atoms. The first kappa shape index (κ1) is 30.5. The average Bonchev–Trinajstić information content (AvgIpc) is 3.35. The summed E-state index contributed by atoms with van der Waals surface area (Å²) in [4.78, 5) is 42.4. The highest BCUT2D eigenvalue weighted by Crippen LogP contribution is 2.33. The zero-order valence-electron chi connectivity index (χ0n) is 23.2. The second-order valence-corrected chi connectivity index (χ2v) is 10.2. The van der Waals surface area contributed by atoms with Gasteiger partial charge < -0.3 is 48.7 Å². The molecule has 0 saturated carbocycles. The predicted octanol–water partition coefficient (Wildman–Crippen LogP) is 0.984. The van der Waals surface area contributed by atoms with Crippen molar-refractivity contribution in [3.05, 3.63) is 63.4 Å². The number of fused-ring (bicyclic) bond motifs is 4. The van der Waals surface area contributed by atoms with Crippen molar-refractivity contribution in [2.24, 2.45) is 0 Å². The first-order valence-electron chi connectivity index (χ1n) is 13.8. The van der Waals surface area contributed by atoms with Crippen LogP contribution in [0.4, 0.5) is 9.59 Å². The van der Waals surface area contributed by atoms with Gasteiger partial charge in [-0.3, -0.25) is 4.79 Å². The number of rotatable bonds is 9. The summed E-state index contributed by atoms with van der Waals surface area (Å²) < 4.78 is 26.3. The monoisotopic (exact) mass is 600 g/mol. The lowest BCUT2D eigenvalue weighted by Crippen LogP contribution is -2.59. The predicted molar refractivity (Wildman–Crippen MR) is 147 cm³/mol. The Morgan fingerprint density at radius 2 is 1.81 bits per heavy atom. The molecule has 2 aliphatic heterocycles. The molecule has 3 aromatic rings. The van der Waals surface area contributed by atoms with Crippen LogP contribution in [-0.2, 0) is 43.3 Å². The molecule has 5 rings (SSSR count). The van der Waals surface area contributed by atoms with Gasteiger partial charge in [-0.25, -0.2) is 14.6 Å². The van der Waals surface area contributed by atoms with E-state index in [0.29, 0.717) is 24.2 Å². The van der Waals surface area contributed by atoms with Crippen molar-refractivity contribution in [3.8, 4) is 11.4 Å². The van der Waals surface area contributed by atoms with Crippen molar-refractivity contribution in [3.63, 3.8) is 0 Å². The molecule has 0 aliphatic carbocycles. The topological polar surface area (TPSA) is 196 Å². The molecule has 0 amide bonds. The van der Waals surface area contributed by atoms with Crippen LogP contribution in [0.2, 0.25) is 0 Å². The van der Waals surface area contributed by atoms with Crippen LogP contribution in [0.25, 0.3) is 22.3 Å². The van der Waals surface area contributed by atoms with Crippen LogP contribution in [0.5, 0.6) is 0 Å².